The van der Waals surface area contributed by atoms with Crippen LogP contribution < -0.4 is 5.32 Å². The average Bonchev–Trinajstić information content (AvgIpc) is 2.15. The molecule has 0 aromatic carbocycles. The number of hydrogen-bond acceptors (Lipinski definition) is 2. The van der Waals surface area contributed by atoms with E-state index >= 15 is 0 Å². The minimum atomic E-state index is -1.01. The Balaban J connectivity index is 2.74. The first-order valence-electron chi connectivity index (χ1n) is 2.74. The second-order valence-corrected chi connectivity index (χ2v) is 2.78. The maximum Gasteiger partial charge on any atom is 0.409 e. The molecule has 0 unspecified atom stereocenters. The number of aryl methyl sites for hydroxylation is 1. The van der Waals surface area contributed by atoms with Crippen LogP contribution in [0.15, 0.2) is 11.4 Å². The molecule has 0 aliphatic rings. The van der Waals surface area contributed by atoms with Gasteiger partial charge in [0.05, 0.1) is 0 Å². The van der Waals surface area contributed by atoms with Crippen molar-refractivity contribution in [3.8, 4) is 0 Å². The predicted molar refractivity (Wildman–Crippen MR) is 40.7 cm³/mol. The summed E-state index contributed by atoms with van der Waals surface area (Å²) < 4.78 is 0. The Hall–Kier alpha value is -1.03. The average molecular weight is 157 g/mol. The van der Waals surface area contributed by atoms with Crippen LogP contribution in [0.3, 0.4) is 0 Å². The fraction of sp³-hybridized carbons (Fsp3) is 0.167. The van der Waals surface area contributed by atoms with Crippen molar-refractivity contribution >= 4 is 22.4 Å². The number of nitrogens with one attached hydrogen (secondary N) is 1. The summed E-state index contributed by atoms with van der Waals surface area (Å²) in [5.41, 5.74) is 0.965. The van der Waals surface area contributed by atoms with Gasteiger partial charge in [-0.3, -0.25) is 5.32 Å². The van der Waals surface area contributed by atoms with Crippen LogP contribution in [0.1, 0.15) is 5.56 Å². The fourth-order valence-electron chi connectivity index (χ4n) is 0.598. The molecular weight excluding hydrogens is 150 g/mol. The first-order valence-corrected chi connectivity index (χ1v) is 3.62. The Morgan fingerprint density at radius 2 is 2.50 bits per heavy atom. The Kier molecular flexibility index (Phi) is 1.91. The molecular formula is C6H7NO2S. The summed E-state index contributed by atoms with van der Waals surface area (Å²) in [6, 6.07) is 1.87. The van der Waals surface area contributed by atoms with Crippen molar-refractivity contribution in [3.63, 3.8) is 0 Å². The zero-order valence-electron chi connectivity index (χ0n) is 5.42. The Labute approximate surface area is 62.3 Å². The monoisotopic (exact) mass is 157 g/mol. The van der Waals surface area contributed by atoms with E-state index in [4.69, 9.17) is 5.11 Å². The highest BCUT2D eigenvalue weighted by Crippen LogP contribution is 2.21. The van der Waals surface area contributed by atoms with Gasteiger partial charge in [-0.15, -0.1) is 11.3 Å². The lowest BCUT2D eigenvalue weighted by atomic mass is 10.4. The van der Waals surface area contributed by atoms with Gasteiger partial charge >= 0.3 is 6.09 Å². The van der Waals surface area contributed by atoms with E-state index in [9.17, 15) is 4.79 Å². The third kappa shape index (κ3) is 1.48. The minimum absolute atomic E-state index is 0.701. The molecule has 2 N–H and O–H groups in total. The van der Waals surface area contributed by atoms with Crippen molar-refractivity contribution in [1.29, 1.82) is 0 Å². The molecule has 0 saturated carbocycles. The molecule has 0 saturated heterocycles. The van der Waals surface area contributed by atoms with E-state index in [2.05, 4.69) is 5.32 Å². The third-order valence-corrected chi connectivity index (χ3v) is 2.01. The SMILES string of the molecule is Cc1ccsc1NC(=O)O. The van der Waals surface area contributed by atoms with Gasteiger partial charge in [-0.05, 0) is 23.9 Å². The van der Waals surface area contributed by atoms with Crippen molar-refractivity contribution in [1.82, 2.24) is 0 Å². The summed E-state index contributed by atoms with van der Waals surface area (Å²) in [6.45, 7) is 1.86. The largest absolute Gasteiger partial charge is 0.465 e. The van der Waals surface area contributed by atoms with E-state index in [1.807, 2.05) is 18.4 Å². The van der Waals surface area contributed by atoms with Gasteiger partial charge in [0.1, 0.15) is 5.00 Å². The molecule has 1 heterocycles. The molecule has 1 aromatic heterocycles. The normalized spacial score (nSPS) is 9.30. The molecule has 0 aliphatic heterocycles. The summed E-state index contributed by atoms with van der Waals surface area (Å²) >= 11 is 1.39. The van der Waals surface area contributed by atoms with Gasteiger partial charge in [0.2, 0.25) is 0 Å². The number of rotatable bonds is 1. The van der Waals surface area contributed by atoms with E-state index in [1.165, 1.54) is 11.3 Å². The van der Waals surface area contributed by atoms with Crippen molar-refractivity contribution in [2.45, 2.75) is 6.92 Å². The van der Waals surface area contributed by atoms with Crippen molar-refractivity contribution in [2.24, 2.45) is 0 Å². The highest BCUT2D eigenvalue weighted by molar-refractivity contribution is 7.14. The predicted octanol–water partition coefficient (Wildman–Crippen LogP) is 2.15. The van der Waals surface area contributed by atoms with Crippen molar-refractivity contribution < 1.29 is 9.90 Å². The van der Waals surface area contributed by atoms with Gasteiger partial charge in [-0.2, -0.15) is 0 Å². The van der Waals surface area contributed by atoms with Crippen LogP contribution in [0.2, 0.25) is 0 Å². The van der Waals surface area contributed by atoms with Crippen LogP contribution in [-0.2, 0) is 0 Å². The van der Waals surface area contributed by atoms with Crippen molar-refractivity contribution in [2.75, 3.05) is 5.32 Å². The standard InChI is InChI=1S/C6H7NO2S/c1-4-2-3-10-5(4)7-6(8)9/h2-3,7H,1H3,(H,8,9). The summed E-state index contributed by atoms with van der Waals surface area (Å²) in [5, 5.41) is 13.1. The number of thiophene rings is 1. The molecule has 0 spiro atoms. The highest BCUT2D eigenvalue weighted by Gasteiger charge is 2.01. The maximum atomic E-state index is 10.1. The van der Waals surface area contributed by atoms with Gasteiger partial charge < -0.3 is 5.11 Å². The molecule has 10 heavy (non-hydrogen) atoms. The number of carbonyl (C=O) groups is 1. The lowest BCUT2D eigenvalue weighted by Crippen LogP contribution is -2.06. The Morgan fingerprint density at radius 3 is 2.90 bits per heavy atom. The van der Waals surface area contributed by atoms with Crippen molar-refractivity contribution in [3.05, 3.63) is 17.0 Å². The zero-order valence-corrected chi connectivity index (χ0v) is 6.23. The van der Waals surface area contributed by atoms with E-state index in [0.717, 1.165) is 5.56 Å². The molecule has 1 amide bonds. The van der Waals surface area contributed by atoms with Gasteiger partial charge in [-0.1, -0.05) is 0 Å². The third-order valence-electron chi connectivity index (χ3n) is 1.08. The summed E-state index contributed by atoms with van der Waals surface area (Å²) in [6.07, 6.45) is -1.01. The first-order chi connectivity index (χ1) is 4.70. The van der Waals surface area contributed by atoms with Gasteiger partial charge in [0.15, 0.2) is 0 Å². The van der Waals surface area contributed by atoms with E-state index < -0.39 is 6.09 Å². The number of anilines is 1. The molecule has 0 fully saturated rings. The highest BCUT2D eigenvalue weighted by atomic mass is 32.1. The van der Waals surface area contributed by atoms with Crippen LogP contribution in [0.5, 0.6) is 0 Å². The molecule has 3 nitrogen and oxygen atoms in total. The van der Waals surface area contributed by atoms with Gasteiger partial charge in [0, 0.05) is 0 Å². The molecule has 0 bridgehead atoms. The second kappa shape index (κ2) is 2.70. The van der Waals surface area contributed by atoms with E-state index in [-0.39, 0.29) is 0 Å². The van der Waals surface area contributed by atoms with Crippen LogP contribution in [0.25, 0.3) is 0 Å². The Morgan fingerprint density at radius 1 is 1.80 bits per heavy atom. The molecule has 0 atom stereocenters. The van der Waals surface area contributed by atoms with Crippen LogP contribution >= 0.6 is 11.3 Å². The number of carboxylic acid groups (broad SMARTS) is 1. The van der Waals surface area contributed by atoms with Gasteiger partial charge in [0.25, 0.3) is 0 Å². The zero-order chi connectivity index (χ0) is 7.56. The summed E-state index contributed by atoms with van der Waals surface area (Å²) in [7, 11) is 0. The smallest absolute Gasteiger partial charge is 0.409 e. The van der Waals surface area contributed by atoms with E-state index in [1.54, 1.807) is 0 Å². The molecule has 0 radical (unpaired) electrons. The second-order valence-electron chi connectivity index (χ2n) is 1.86. The molecule has 54 valence electrons. The molecule has 4 heteroatoms. The lowest BCUT2D eigenvalue weighted by Gasteiger charge is -1.95. The maximum absolute atomic E-state index is 10.1. The fourth-order valence-corrected chi connectivity index (χ4v) is 1.41. The molecule has 0 aliphatic carbocycles. The van der Waals surface area contributed by atoms with Crippen LogP contribution in [-0.4, -0.2) is 11.2 Å². The minimum Gasteiger partial charge on any atom is -0.465 e. The Bertz CT molecular complexity index is 244. The van der Waals surface area contributed by atoms with Crippen LogP contribution in [0.4, 0.5) is 9.80 Å². The van der Waals surface area contributed by atoms with Crippen LogP contribution in [0, 0.1) is 6.92 Å². The van der Waals surface area contributed by atoms with Gasteiger partial charge in [-0.25, -0.2) is 4.79 Å². The quantitative estimate of drug-likeness (QED) is 0.656. The lowest BCUT2D eigenvalue weighted by molar-refractivity contribution is 0.210. The first kappa shape index (κ1) is 7.08. The molecule has 1 aromatic rings. The number of hydrogen-bond donors (Lipinski definition) is 2. The van der Waals surface area contributed by atoms with E-state index in [0.29, 0.717) is 5.00 Å². The molecule has 1 rings (SSSR count). The topological polar surface area (TPSA) is 49.3 Å². The number of amides is 1. The summed E-state index contributed by atoms with van der Waals surface area (Å²) in [4.78, 5) is 10.1. The summed E-state index contributed by atoms with van der Waals surface area (Å²) in [5.74, 6) is 0.